The molecule has 0 unspecified atom stereocenters. The van der Waals surface area contributed by atoms with Gasteiger partial charge in [-0.05, 0) is 42.8 Å². The molecule has 118 valence electrons. The molecule has 0 bridgehead atoms. The quantitative estimate of drug-likeness (QED) is 0.741. The summed E-state index contributed by atoms with van der Waals surface area (Å²) in [6, 6.07) is 13.0. The molecule has 0 saturated carbocycles. The van der Waals surface area contributed by atoms with Gasteiger partial charge in [0.05, 0.1) is 13.7 Å². The highest BCUT2D eigenvalue weighted by Crippen LogP contribution is 2.20. The van der Waals surface area contributed by atoms with Crippen molar-refractivity contribution >= 4 is 17.0 Å². The molecule has 0 radical (unpaired) electrons. The number of carbonyl (C=O) groups excluding carboxylic acids is 1. The Morgan fingerprint density at radius 2 is 2.04 bits per heavy atom. The van der Waals surface area contributed by atoms with Gasteiger partial charge >= 0.3 is 0 Å². The van der Waals surface area contributed by atoms with Crippen LogP contribution in [0.5, 0.6) is 5.75 Å². The zero-order chi connectivity index (χ0) is 16.4. The van der Waals surface area contributed by atoms with E-state index in [1.165, 1.54) is 0 Å². The highest BCUT2D eigenvalue weighted by Gasteiger charge is 2.17. The highest BCUT2D eigenvalue weighted by atomic mass is 16.5. The van der Waals surface area contributed by atoms with Gasteiger partial charge in [-0.2, -0.15) is 0 Å². The maximum Gasteiger partial charge on any atom is 0.254 e. The van der Waals surface area contributed by atoms with Crippen LogP contribution in [0.1, 0.15) is 21.8 Å². The lowest BCUT2D eigenvalue weighted by molar-refractivity contribution is 0.0773. The van der Waals surface area contributed by atoms with E-state index in [0.717, 1.165) is 22.4 Å². The van der Waals surface area contributed by atoms with Crippen molar-refractivity contribution in [1.29, 1.82) is 0 Å². The molecule has 3 rings (SSSR count). The van der Waals surface area contributed by atoms with Gasteiger partial charge in [-0.1, -0.05) is 12.1 Å². The van der Waals surface area contributed by atoms with Gasteiger partial charge in [0.25, 0.3) is 5.91 Å². The number of amides is 1. The third-order valence-electron chi connectivity index (χ3n) is 3.72. The van der Waals surface area contributed by atoms with E-state index in [9.17, 15) is 4.79 Å². The Labute approximate surface area is 134 Å². The maximum absolute atomic E-state index is 12.6. The van der Waals surface area contributed by atoms with E-state index >= 15 is 0 Å². The molecular weight excluding hydrogens is 292 g/mol. The van der Waals surface area contributed by atoms with Crippen LogP contribution < -0.4 is 4.74 Å². The summed E-state index contributed by atoms with van der Waals surface area (Å²) in [5.41, 5.74) is 3.04. The Hall–Kier alpha value is -2.82. The first kappa shape index (κ1) is 15.1. The van der Waals surface area contributed by atoms with Crippen LogP contribution in [-0.4, -0.2) is 29.9 Å². The minimum Gasteiger partial charge on any atom is -0.497 e. The Balaban J connectivity index is 1.79. The SMILES string of the molecule is COc1ccc(C(=O)N(C)Cc2nc3ccccc3o2)c(C)c1. The summed E-state index contributed by atoms with van der Waals surface area (Å²) in [7, 11) is 3.34. The number of hydrogen-bond donors (Lipinski definition) is 0. The van der Waals surface area contributed by atoms with Gasteiger partial charge in [-0.3, -0.25) is 4.79 Å². The number of carbonyl (C=O) groups is 1. The van der Waals surface area contributed by atoms with E-state index in [-0.39, 0.29) is 5.91 Å². The molecule has 0 saturated heterocycles. The zero-order valence-corrected chi connectivity index (χ0v) is 13.4. The third-order valence-corrected chi connectivity index (χ3v) is 3.72. The molecule has 3 aromatic rings. The van der Waals surface area contributed by atoms with Crippen LogP contribution in [-0.2, 0) is 6.54 Å². The number of nitrogens with zero attached hydrogens (tertiary/aromatic N) is 2. The average Bonchev–Trinajstić information content (AvgIpc) is 2.96. The number of oxazole rings is 1. The van der Waals surface area contributed by atoms with E-state index in [1.807, 2.05) is 37.3 Å². The minimum atomic E-state index is -0.0765. The monoisotopic (exact) mass is 310 g/mol. The predicted molar refractivity (Wildman–Crippen MR) is 87.5 cm³/mol. The number of ether oxygens (including phenoxy) is 1. The van der Waals surface area contributed by atoms with E-state index in [0.29, 0.717) is 18.0 Å². The fraction of sp³-hybridized carbons (Fsp3) is 0.222. The highest BCUT2D eigenvalue weighted by molar-refractivity contribution is 5.95. The molecule has 5 heteroatoms. The summed E-state index contributed by atoms with van der Waals surface area (Å²) in [4.78, 5) is 18.6. The van der Waals surface area contributed by atoms with Crippen LogP contribution in [0.2, 0.25) is 0 Å². The van der Waals surface area contributed by atoms with Gasteiger partial charge in [0.15, 0.2) is 5.58 Å². The smallest absolute Gasteiger partial charge is 0.254 e. The molecule has 0 aliphatic heterocycles. The minimum absolute atomic E-state index is 0.0765. The van der Waals surface area contributed by atoms with Crippen LogP contribution in [0.25, 0.3) is 11.1 Å². The van der Waals surface area contributed by atoms with Crippen molar-refractivity contribution in [2.75, 3.05) is 14.2 Å². The van der Waals surface area contributed by atoms with Crippen molar-refractivity contribution in [3.05, 3.63) is 59.5 Å². The fourth-order valence-electron chi connectivity index (χ4n) is 2.47. The van der Waals surface area contributed by atoms with Crippen molar-refractivity contribution in [3.8, 4) is 5.75 Å². The normalized spacial score (nSPS) is 10.7. The van der Waals surface area contributed by atoms with Crippen LogP contribution >= 0.6 is 0 Å². The lowest BCUT2D eigenvalue weighted by atomic mass is 10.1. The summed E-state index contributed by atoms with van der Waals surface area (Å²) in [5.74, 6) is 1.18. The van der Waals surface area contributed by atoms with Crippen molar-refractivity contribution in [1.82, 2.24) is 9.88 Å². The van der Waals surface area contributed by atoms with Gasteiger partial charge in [0.1, 0.15) is 11.3 Å². The van der Waals surface area contributed by atoms with Gasteiger partial charge in [0.2, 0.25) is 5.89 Å². The molecule has 5 nitrogen and oxygen atoms in total. The van der Waals surface area contributed by atoms with E-state index in [2.05, 4.69) is 4.98 Å². The molecule has 0 N–H and O–H groups in total. The summed E-state index contributed by atoms with van der Waals surface area (Å²) in [5, 5.41) is 0. The summed E-state index contributed by atoms with van der Waals surface area (Å²) in [6.07, 6.45) is 0. The number of aryl methyl sites for hydroxylation is 1. The van der Waals surface area contributed by atoms with Gasteiger partial charge in [0, 0.05) is 12.6 Å². The summed E-state index contributed by atoms with van der Waals surface area (Å²) in [6.45, 7) is 2.21. The number of benzene rings is 2. The van der Waals surface area contributed by atoms with Crippen LogP contribution in [0.15, 0.2) is 46.9 Å². The molecule has 1 heterocycles. The van der Waals surface area contributed by atoms with Crippen LogP contribution in [0.3, 0.4) is 0 Å². The van der Waals surface area contributed by atoms with Gasteiger partial charge in [-0.25, -0.2) is 4.98 Å². The van der Waals surface area contributed by atoms with Crippen LogP contribution in [0, 0.1) is 6.92 Å². The lowest BCUT2D eigenvalue weighted by Gasteiger charge is -2.17. The van der Waals surface area contributed by atoms with Crippen molar-refractivity contribution in [2.45, 2.75) is 13.5 Å². The van der Waals surface area contributed by atoms with Crippen LogP contribution in [0.4, 0.5) is 0 Å². The Morgan fingerprint density at radius 3 is 2.74 bits per heavy atom. The van der Waals surface area contributed by atoms with E-state index in [4.69, 9.17) is 9.15 Å². The number of para-hydroxylation sites is 2. The Kier molecular flexibility index (Phi) is 4.02. The number of fused-ring (bicyclic) bond motifs is 1. The number of aromatic nitrogens is 1. The Bertz CT molecular complexity index is 821. The average molecular weight is 310 g/mol. The summed E-state index contributed by atoms with van der Waals surface area (Å²) >= 11 is 0. The first-order chi connectivity index (χ1) is 11.1. The molecule has 0 aliphatic carbocycles. The second-order valence-electron chi connectivity index (χ2n) is 5.42. The predicted octanol–water partition coefficient (Wildman–Crippen LogP) is 3.42. The first-order valence-corrected chi connectivity index (χ1v) is 7.33. The maximum atomic E-state index is 12.6. The molecule has 0 fully saturated rings. The molecule has 1 aromatic heterocycles. The largest absolute Gasteiger partial charge is 0.497 e. The molecule has 0 atom stereocenters. The topological polar surface area (TPSA) is 55.6 Å². The van der Waals surface area contributed by atoms with Crippen molar-refractivity contribution in [3.63, 3.8) is 0 Å². The number of methoxy groups -OCH3 is 1. The molecular formula is C18H18N2O3. The van der Waals surface area contributed by atoms with E-state index in [1.54, 1.807) is 31.2 Å². The van der Waals surface area contributed by atoms with Gasteiger partial charge in [-0.15, -0.1) is 0 Å². The standard InChI is InChI=1S/C18H18N2O3/c1-12-10-13(22-3)8-9-14(12)18(21)20(2)11-17-19-15-6-4-5-7-16(15)23-17/h4-10H,11H2,1-3H3. The van der Waals surface area contributed by atoms with Gasteiger partial charge < -0.3 is 14.1 Å². The molecule has 1 amide bonds. The molecule has 0 aliphatic rings. The zero-order valence-electron chi connectivity index (χ0n) is 13.4. The second kappa shape index (κ2) is 6.12. The summed E-state index contributed by atoms with van der Waals surface area (Å²) < 4.78 is 10.8. The first-order valence-electron chi connectivity index (χ1n) is 7.33. The lowest BCUT2D eigenvalue weighted by Crippen LogP contribution is -2.27. The fourth-order valence-corrected chi connectivity index (χ4v) is 2.47. The number of hydrogen-bond acceptors (Lipinski definition) is 4. The third kappa shape index (κ3) is 3.04. The molecule has 0 spiro atoms. The molecule has 2 aromatic carbocycles. The number of rotatable bonds is 4. The Morgan fingerprint density at radius 1 is 1.26 bits per heavy atom. The van der Waals surface area contributed by atoms with Crippen molar-refractivity contribution in [2.24, 2.45) is 0 Å². The molecule has 23 heavy (non-hydrogen) atoms. The van der Waals surface area contributed by atoms with E-state index < -0.39 is 0 Å². The second-order valence-corrected chi connectivity index (χ2v) is 5.42. The van der Waals surface area contributed by atoms with Crippen molar-refractivity contribution < 1.29 is 13.9 Å².